The zero-order valence-corrected chi connectivity index (χ0v) is 11.1. The topological polar surface area (TPSA) is 80.8 Å². The van der Waals surface area contributed by atoms with Gasteiger partial charge in [0.1, 0.15) is 5.75 Å². The molecule has 21 heavy (non-hydrogen) atoms. The molecule has 106 valence electrons. The van der Waals surface area contributed by atoms with Crippen LogP contribution < -0.4 is 19.6 Å². The Labute approximate surface area is 118 Å². The minimum atomic E-state index is -0.284. The standard InChI is InChI=1S/C15H11NO5/c1-19-15-12-7(5-10-14(15)21-6-20-10)13(18)11-8(16-12)3-2-4-9(11)17/h2-5,17H,6H2,1H3,(H,16,18). The lowest BCUT2D eigenvalue weighted by molar-refractivity contribution is 0.171. The first kappa shape index (κ1) is 11.9. The third-order valence-electron chi connectivity index (χ3n) is 3.60. The fourth-order valence-corrected chi connectivity index (χ4v) is 2.66. The molecular weight excluding hydrogens is 274 g/mol. The second-order valence-electron chi connectivity index (χ2n) is 4.72. The molecule has 6 heteroatoms. The maximum Gasteiger partial charge on any atom is 0.231 e. The zero-order valence-electron chi connectivity index (χ0n) is 11.1. The number of aromatic amines is 1. The van der Waals surface area contributed by atoms with Crippen molar-refractivity contribution in [1.29, 1.82) is 0 Å². The van der Waals surface area contributed by atoms with Gasteiger partial charge in [-0.25, -0.2) is 0 Å². The molecule has 0 fully saturated rings. The lowest BCUT2D eigenvalue weighted by Gasteiger charge is -2.10. The van der Waals surface area contributed by atoms with Gasteiger partial charge < -0.3 is 24.3 Å². The Kier molecular flexibility index (Phi) is 2.29. The van der Waals surface area contributed by atoms with Crippen molar-refractivity contribution in [3.8, 4) is 23.0 Å². The molecule has 2 aromatic carbocycles. The van der Waals surface area contributed by atoms with Crippen molar-refractivity contribution in [1.82, 2.24) is 4.98 Å². The monoisotopic (exact) mass is 285 g/mol. The number of H-pyrrole nitrogens is 1. The molecule has 1 aliphatic heterocycles. The summed E-state index contributed by atoms with van der Waals surface area (Å²) in [6.07, 6.45) is 0. The van der Waals surface area contributed by atoms with Gasteiger partial charge in [-0.05, 0) is 18.2 Å². The van der Waals surface area contributed by atoms with Crippen LogP contribution in [0.5, 0.6) is 23.0 Å². The molecule has 0 bridgehead atoms. The molecule has 0 radical (unpaired) electrons. The second kappa shape index (κ2) is 4.05. The van der Waals surface area contributed by atoms with E-state index in [9.17, 15) is 9.90 Å². The number of pyridine rings is 1. The van der Waals surface area contributed by atoms with Crippen LogP contribution in [0.1, 0.15) is 0 Å². The molecule has 0 amide bonds. The van der Waals surface area contributed by atoms with Crippen molar-refractivity contribution in [2.24, 2.45) is 0 Å². The van der Waals surface area contributed by atoms with E-state index < -0.39 is 0 Å². The molecule has 0 aliphatic carbocycles. The average Bonchev–Trinajstić information content (AvgIpc) is 2.93. The summed E-state index contributed by atoms with van der Waals surface area (Å²) < 4.78 is 16.1. The van der Waals surface area contributed by atoms with Gasteiger partial charge in [0.15, 0.2) is 11.5 Å². The van der Waals surface area contributed by atoms with E-state index in [2.05, 4.69) is 4.98 Å². The van der Waals surface area contributed by atoms with E-state index in [-0.39, 0.29) is 23.4 Å². The minimum Gasteiger partial charge on any atom is -0.507 e. The molecule has 1 aliphatic rings. The first-order valence-electron chi connectivity index (χ1n) is 6.35. The Morgan fingerprint density at radius 3 is 3.00 bits per heavy atom. The molecule has 4 rings (SSSR count). The van der Waals surface area contributed by atoms with Crippen LogP contribution >= 0.6 is 0 Å². The highest BCUT2D eigenvalue weighted by Crippen LogP contribution is 2.45. The quantitative estimate of drug-likeness (QED) is 0.669. The Morgan fingerprint density at radius 2 is 2.19 bits per heavy atom. The molecular formula is C15H11NO5. The van der Waals surface area contributed by atoms with Crippen LogP contribution in [-0.4, -0.2) is 24.0 Å². The number of phenolic OH excluding ortho intramolecular Hbond substituents is 1. The summed E-state index contributed by atoms with van der Waals surface area (Å²) in [5.74, 6) is 1.29. The van der Waals surface area contributed by atoms with E-state index in [4.69, 9.17) is 14.2 Å². The van der Waals surface area contributed by atoms with Crippen molar-refractivity contribution >= 4 is 21.8 Å². The lowest BCUT2D eigenvalue weighted by atomic mass is 10.1. The predicted octanol–water partition coefficient (Wildman–Crippen LogP) is 2.12. The van der Waals surface area contributed by atoms with Crippen LogP contribution in [-0.2, 0) is 0 Å². The van der Waals surface area contributed by atoms with Crippen LogP contribution in [0.15, 0.2) is 29.1 Å². The Balaban J connectivity index is 2.26. The fourth-order valence-electron chi connectivity index (χ4n) is 2.66. The molecule has 0 spiro atoms. The molecule has 1 aromatic heterocycles. The Hall–Kier alpha value is -2.89. The first-order chi connectivity index (χ1) is 10.2. The molecule has 0 atom stereocenters. The number of hydrogen-bond acceptors (Lipinski definition) is 5. The first-order valence-corrected chi connectivity index (χ1v) is 6.35. The predicted molar refractivity (Wildman–Crippen MR) is 76.4 cm³/mol. The third kappa shape index (κ3) is 1.50. The summed E-state index contributed by atoms with van der Waals surface area (Å²) in [6, 6.07) is 6.47. The third-order valence-corrected chi connectivity index (χ3v) is 3.60. The molecule has 2 N–H and O–H groups in total. The number of rotatable bonds is 1. The largest absolute Gasteiger partial charge is 0.507 e. The van der Waals surface area contributed by atoms with Gasteiger partial charge in [0.05, 0.1) is 28.9 Å². The van der Waals surface area contributed by atoms with E-state index >= 15 is 0 Å². The molecule has 6 nitrogen and oxygen atoms in total. The van der Waals surface area contributed by atoms with Crippen molar-refractivity contribution in [2.75, 3.05) is 13.9 Å². The summed E-state index contributed by atoms with van der Waals surface area (Å²) in [6.45, 7) is 0.0843. The van der Waals surface area contributed by atoms with E-state index in [0.717, 1.165) is 0 Å². The van der Waals surface area contributed by atoms with Crippen molar-refractivity contribution in [2.45, 2.75) is 0 Å². The highest BCUT2D eigenvalue weighted by molar-refractivity contribution is 5.99. The number of nitrogens with one attached hydrogen (secondary N) is 1. The summed E-state index contributed by atoms with van der Waals surface area (Å²) >= 11 is 0. The second-order valence-corrected chi connectivity index (χ2v) is 4.72. The maximum atomic E-state index is 12.6. The van der Waals surface area contributed by atoms with Gasteiger partial charge in [0.25, 0.3) is 0 Å². The van der Waals surface area contributed by atoms with Crippen LogP contribution in [0.3, 0.4) is 0 Å². The van der Waals surface area contributed by atoms with Crippen LogP contribution in [0.4, 0.5) is 0 Å². The van der Waals surface area contributed by atoms with Gasteiger partial charge >= 0.3 is 0 Å². The number of hydrogen-bond donors (Lipinski definition) is 2. The van der Waals surface area contributed by atoms with Gasteiger partial charge in [-0.15, -0.1) is 0 Å². The number of methoxy groups -OCH3 is 1. The van der Waals surface area contributed by atoms with E-state index in [1.807, 2.05) is 0 Å². The van der Waals surface area contributed by atoms with Crippen LogP contribution in [0, 0.1) is 0 Å². The van der Waals surface area contributed by atoms with Gasteiger partial charge in [-0.1, -0.05) is 6.07 Å². The number of aromatic nitrogens is 1. The maximum absolute atomic E-state index is 12.6. The highest BCUT2D eigenvalue weighted by Gasteiger charge is 2.24. The van der Waals surface area contributed by atoms with Crippen molar-refractivity contribution in [3.63, 3.8) is 0 Å². The molecule has 2 heterocycles. The average molecular weight is 285 g/mol. The highest BCUT2D eigenvalue weighted by atomic mass is 16.7. The molecule has 0 saturated carbocycles. The van der Waals surface area contributed by atoms with Crippen molar-refractivity contribution < 1.29 is 19.3 Å². The summed E-state index contributed by atoms with van der Waals surface area (Å²) in [4.78, 5) is 15.8. The van der Waals surface area contributed by atoms with Gasteiger partial charge in [0.2, 0.25) is 18.0 Å². The SMILES string of the molecule is COc1c2c(cc3c(=O)c4c(O)cccc4[nH]c13)OCO2. The normalized spacial score (nSPS) is 13.0. The molecule has 3 aromatic rings. The van der Waals surface area contributed by atoms with Crippen molar-refractivity contribution in [3.05, 3.63) is 34.5 Å². The summed E-state index contributed by atoms with van der Waals surface area (Å²) in [5.41, 5.74) is 0.767. The van der Waals surface area contributed by atoms with Gasteiger partial charge in [-0.3, -0.25) is 4.79 Å². The Morgan fingerprint density at radius 1 is 1.33 bits per heavy atom. The zero-order chi connectivity index (χ0) is 14.6. The summed E-state index contributed by atoms with van der Waals surface area (Å²) in [5, 5.41) is 10.5. The molecule has 0 saturated heterocycles. The smallest absolute Gasteiger partial charge is 0.231 e. The number of ether oxygens (including phenoxy) is 3. The van der Waals surface area contributed by atoms with Crippen LogP contribution in [0.2, 0.25) is 0 Å². The number of aromatic hydroxyl groups is 1. The summed E-state index contributed by atoms with van der Waals surface area (Å²) in [7, 11) is 1.50. The van der Waals surface area contributed by atoms with Gasteiger partial charge in [0, 0.05) is 0 Å². The fraction of sp³-hybridized carbons (Fsp3) is 0.133. The Bertz CT molecular complexity index is 944. The number of fused-ring (bicyclic) bond motifs is 3. The lowest BCUT2D eigenvalue weighted by Crippen LogP contribution is -2.05. The van der Waals surface area contributed by atoms with Crippen LogP contribution in [0.25, 0.3) is 21.8 Å². The van der Waals surface area contributed by atoms with E-state index in [1.165, 1.54) is 13.2 Å². The number of benzene rings is 2. The minimum absolute atomic E-state index is 0.0627. The molecule has 0 unspecified atom stereocenters. The number of phenols is 1. The van der Waals surface area contributed by atoms with Gasteiger partial charge in [-0.2, -0.15) is 0 Å². The van der Waals surface area contributed by atoms with E-state index in [1.54, 1.807) is 18.2 Å². The van der Waals surface area contributed by atoms with E-state index in [0.29, 0.717) is 33.7 Å².